The Balaban J connectivity index is 2.08. The smallest absolute Gasteiger partial charge is 0.316 e. The van der Waals surface area contributed by atoms with Crippen LogP contribution in [0.1, 0.15) is 16.1 Å². The van der Waals surface area contributed by atoms with Crippen LogP contribution >= 0.6 is 0 Å². The number of aryl methyl sites for hydroxylation is 1. The van der Waals surface area contributed by atoms with Gasteiger partial charge in [0.05, 0.1) is 11.1 Å². The number of anilines is 1. The predicted octanol–water partition coefficient (Wildman–Crippen LogP) is 1.31. The first-order valence-electron chi connectivity index (χ1n) is 6.64. The average molecular weight is 314 g/mol. The lowest BCUT2D eigenvalue weighted by Crippen LogP contribution is -2.26. The maximum absolute atomic E-state index is 13.5. The minimum absolute atomic E-state index is 0.117. The van der Waals surface area contributed by atoms with E-state index in [1.165, 1.54) is 24.3 Å². The Morgan fingerprint density at radius 3 is 2.78 bits per heavy atom. The number of fused-ring (bicyclic) bond motifs is 1. The van der Waals surface area contributed by atoms with Gasteiger partial charge in [-0.25, -0.2) is 9.18 Å². The van der Waals surface area contributed by atoms with Crippen molar-refractivity contribution < 1.29 is 9.18 Å². The van der Waals surface area contributed by atoms with Crippen molar-refractivity contribution in [2.45, 2.75) is 6.92 Å². The molecule has 0 radical (unpaired) electrons. The number of aromatic amines is 2. The molecule has 8 heteroatoms. The van der Waals surface area contributed by atoms with Gasteiger partial charge in [-0.1, -0.05) is 0 Å². The minimum Gasteiger partial charge on any atom is -0.316 e. The second-order valence-electron chi connectivity index (χ2n) is 4.91. The van der Waals surface area contributed by atoms with Crippen molar-refractivity contribution in [3.8, 4) is 0 Å². The van der Waals surface area contributed by atoms with Gasteiger partial charge in [-0.3, -0.25) is 19.6 Å². The van der Waals surface area contributed by atoms with Gasteiger partial charge in [0.25, 0.3) is 11.5 Å². The first-order chi connectivity index (χ1) is 10.9. The van der Waals surface area contributed by atoms with Crippen LogP contribution in [0, 0.1) is 12.7 Å². The van der Waals surface area contributed by atoms with Crippen LogP contribution in [-0.2, 0) is 0 Å². The Morgan fingerprint density at radius 1 is 1.26 bits per heavy atom. The van der Waals surface area contributed by atoms with Crippen molar-refractivity contribution in [1.29, 1.82) is 0 Å². The number of benzene rings is 1. The summed E-state index contributed by atoms with van der Waals surface area (Å²) in [6, 6.07) is 5.43. The molecule has 2 heterocycles. The van der Waals surface area contributed by atoms with Gasteiger partial charge in [-0.2, -0.15) is 0 Å². The van der Waals surface area contributed by atoms with E-state index in [0.717, 1.165) is 6.20 Å². The van der Waals surface area contributed by atoms with Gasteiger partial charge < -0.3 is 10.3 Å². The van der Waals surface area contributed by atoms with Gasteiger partial charge in [0, 0.05) is 17.3 Å². The number of carbonyl (C=O) groups excluding carboxylic acids is 1. The van der Waals surface area contributed by atoms with E-state index in [0.29, 0.717) is 16.6 Å². The largest absolute Gasteiger partial charge is 0.325 e. The fourth-order valence-electron chi connectivity index (χ4n) is 2.21. The number of rotatable bonds is 2. The van der Waals surface area contributed by atoms with Crippen molar-refractivity contribution in [3.05, 3.63) is 68.4 Å². The molecule has 0 aliphatic carbocycles. The second-order valence-corrected chi connectivity index (χ2v) is 4.91. The molecule has 7 nitrogen and oxygen atoms in total. The summed E-state index contributed by atoms with van der Waals surface area (Å²) in [4.78, 5) is 43.5. The average Bonchev–Trinajstić information content (AvgIpc) is 2.49. The lowest BCUT2D eigenvalue weighted by Gasteiger charge is -2.08. The van der Waals surface area contributed by atoms with Crippen LogP contribution in [0.5, 0.6) is 0 Å². The molecule has 0 spiro atoms. The van der Waals surface area contributed by atoms with Gasteiger partial charge in [-0.05, 0) is 31.2 Å². The van der Waals surface area contributed by atoms with Gasteiger partial charge in [0.15, 0.2) is 0 Å². The van der Waals surface area contributed by atoms with Gasteiger partial charge >= 0.3 is 5.69 Å². The SMILES string of the molecule is Cc1cc(C(=O)Nc2c[nH]c(=O)[nH]c2=O)c2cc(F)ccc2n1. The van der Waals surface area contributed by atoms with Crippen LogP contribution in [0.3, 0.4) is 0 Å². The summed E-state index contributed by atoms with van der Waals surface area (Å²) >= 11 is 0. The molecule has 3 aromatic rings. The summed E-state index contributed by atoms with van der Waals surface area (Å²) in [6.45, 7) is 1.70. The lowest BCUT2D eigenvalue weighted by atomic mass is 10.1. The zero-order valence-corrected chi connectivity index (χ0v) is 11.9. The highest BCUT2D eigenvalue weighted by atomic mass is 19.1. The van der Waals surface area contributed by atoms with Crippen molar-refractivity contribution in [2.75, 3.05) is 5.32 Å². The molecule has 0 atom stereocenters. The molecule has 1 amide bonds. The topological polar surface area (TPSA) is 108 Å². The van der Waals surface area contributed by atoms with Crippen molar-refractivity contribution in [1.82, 2.24) is 15.0 Å². The molecule has 116 valence electrons. The predicted molar refractivity (Wildman–Crippen MR) is 82.1 cm³/mol. The van der Waals surface area contributed by atoms with Crippen LogP contribution < -0.4 is 16.6 Å². The molecule has 0 unspecified atom stereocenters. The maximum atomic E-state index is 13.5. The van der Waals surface area contributed by atoms with E-state index >= 15 is 0 Å². The van der Waals surface area contributed by atoms with E-state index in [-0.39, 0.29) is 11.3 Å². The Hall–Kier alpha value is -3.29. The summed E-state index contributed by atoms with van der Waals surface area (Å²) in [5.74, 6) is -1.11. The molecule has 0 bridgehead atoms. The van der Waals surface area contributed by atoms with Crippen LogP contribution in [0.2, 0.25) is 0 Å². The van der Waals surface area contributed by atoms with Gasteiger partial charge in [0.2, 0.25) is 0 Å². The number of hydrogen-bond acceptors (Lipinski definition) is 4. The summed E-state index contributed by atoms with van der Waals surface area (Å²) in [6.07, 6.45) is 1.09. The Morgan fingerprint density at radius 2 is 2.04 bits per heavy atom. The number of halogens is 1. The number of carbonyl (C=O) groups is 1. The normalized spacial score (nSPS) is 10.7. The maximum Gasteiger partial charge on any atom is 0.325 e. The van der Waals surface area contributed by atoms with Crippen LogP contribution in [0.15, 0.2) is 40.1 Å². The highest BCUT2D eigenvalue weighted by molar-refractivity contribution is 6.12. The minimum atomic E-state index is -0.733. The number of nitrogens with one attached hydrogen (secondary N) is 3. The molecule has 0 saturated carbocycles. The molecule has 0 saturated heterocycles. The van der Waals surface area contributed by atoms with Crippen LogP contribution in [0.25, 0.3) is 10.9 Å². The van der Waals surface area contributed by atoms with Gasteiger partial charge in [-0.15, -0.1) is 0 Å². The molecule has 23 heavy (non-hydrogen) atoms. The highest BCUT2D eigenvalue weighted by Gasteiger charge is 2.14. The number of pyridine rings is 1. The molecular formula is C15H11FN4O3. The second kappa shape index (κ2) is 5.48. The molecule has 0 aliphatic heterocycles. The van der Waals surface area contributed by atoms with E-state index in [2.05, 4.69) is 15.3 Å². The highest BCUT2D eigenvalue weighted by Crippen LogP contribution is 2.20. The summed E-state index contributed by atoms with van der Waals surface area (Å²) in [7, 11) is 0. The number of nitrogens with zero attached hydrogens (tertiary/aromatic N) is 1. The summed E-state index contributed by atoms with van der Waals surface area (Å²) < 4.78 is 13.5. The van der Waals surface area contributed by atoms with E-state index in [9.17, 15) is 18.8 Å². The van der Waals surface area contributed by atoms with Crippen molar-refractivity contribution in [2.24, 2.45) is 0 Å². The first kappa shape index (κ1) is 14.6. The van der Waals surface area contributed by atoms with Gasteiger partial charge in [0.1, 0.15) is 11.5 Å². The number of H-pyrrole nitrogens is 2. The third-order valence-corrected chi connectivity index (χ3v) is 3.21. The van der Waals surface area contributed by atoms with E-state index in [1.54, 1.807) is 6.92 Å². The fraction of sp³-hybridized carbons (Fsp3) is 0.0667. The molecule has 0 aliphatic rings. The number of amides is 1. The quantitative estimate of drug-likeness (QED) is 0.662. The number of aromatic nitrogens is 3. The molecule has 3 N–H and O–H groups in total. The summed E-state index contributed by atoms with van der Waals surface area (Å²) in [5, 5.41) is 2.72. The molecule has 0 fully saturated rings. The Kier molecular flexibility index (Phi) is 3.49. The van der Waals surface area contributed by atoms with Crippen molar-refractivity contribution in [3.63, 3.8) is 0 Å². The van der Waals surface area contributed by atoms with E-state index in [4.69, 9.17) is 0 Å². The molecule has 1 aromatic carbocycles. The standard InChI is InChI=1S/C15H11FN4O3/c1-7-4-10(9-5-8(16)2-3-11(9)18-7)13(21)19-12-6-17-15(23)20-14(12)22/h2-6H,1H3,(H,19,21)(H2,17,20,22,23). The Labute approximate surface area is 128 Å². The Bertz CT molecular complexity index is 1040. The zero-order chi connectivity index (χ0) is 16.6. The zero-order valence-electron chi connectivity index (χ0n) is 11.9. The lowest BCUT2D eigenvalue weighted by molar-refractivity contribution is 0.102. The molecule has 2 aromatic heterocycles. The fourth-order valence-corrected chi connectivity index (χ4v) is 2.21. The third kappa shape index (κ3) is 2.86. The first-order valence-corrected chi connectivity index (χ1v) is 6.64. The number of hydrogen-bond donors (Lipinski definition) is 3. The van der Waals surface area contributed by atoms with Crippen LogP contribution in [0.4, 0.5) is 10.1 Å². The van der Waals surface area contributed by atoms with E-state index < -0.39 is 23.0 Å². The van der Waals surface area contributed by atoms with Crippen LogP contribution in [-0.4, -0.2) is 20.9 Å². The molecule has 3 rings (SSSR count). The third-order valence-electron chi connectivity index (χ3n) is 3.21. The monoisotopic (exact) mass is 314 g/mol. The summed E-state index contributed by atoms with van der Waals surface area (Å²) in [5.41, 5.74) is -0.313. The van der Waals surface area contributed by atoms with E-state index in [1.807, 2.05) is 4.98 Å². The molecular weight excluding hydrogens is 303 g/mol. The van der Waals surface area contributed by atoms with Crippen molar-refractivity contribution >= 4 is 22.5 Å².